The van der Waals surface area contributed by atoms with Gasteiger partial charge in [-0.15, -0.1) is 0 Å². The van der Waals surface area contributed by atoms with Crippen LogP contribution in [0, 0.1) is 0 Å². The van der Waals surface area contributed by atoms with Gasteiger partial charge in [-0.05, 0) is 43.4 Å². The summed E-state index contributed by atoms with van der Waals surface area (Å²) in [5, 5.41) is 3.10. The Morgan fingerprint density at radius 2 is 1.81 bits per heavy atom. The molecule has 0 saturated carbocycles. The minimum Gasteiger partial charge on any atom is -0.374 e. The van der Waals surface area contributed by atoms with Crippen LogP contribution in [0.1, 0.15) is 49.4 Å². The number of nitrogens with zero attached hydrogens (tertiary/aromatic N) is 1. The summed E-state index contributed by atoms with van der Waals surface area (Å²) in [7, 11) is 0. The zero-order valence-corrected chi connectivity index (χ0v) is 15.7. The Bertz CT molecular complexity index is 715. The largest absolute Gasteiger partial charge is 0.374 e. The number of benzene rings is 2. The van der Waals surface area contributed by atoms with Gasteiger partial charge in [0, 0.05) is 13.1 Å². The Labute approximate surface area is 156 Å². The molecule has 1 unspecified atom stereocenters. The molecule has 0 aliphatic carbocycles. The Morgan fingerprint density at radius 1 is 1.12 bits per heavy atom. The van der Waals surface area contributed by atoms with Crippen LogP contribution < -0.4 is 5.32 Å². The number of urea groups is 1. The van der Waals surface area contributed by atoms with Gasteiger partial charge in [-0.2, -0.15) is 0 Å². The second-order valence-electron chi connectivity index (χ2n) is 7.05. The third-order valence-corrected chi connectivity index (χ3v) is 4.82. The SMILES string of the molecule is CC(C)OCc1ccccc1CNC(=O)N1CCCC1c1ccccc1. The second-order valence-corrected chi connectivity index (χ2v) is 7.05. The number of ether oxygens (including phenoxy) is 1. The number of carbonyl (C=O) groups is 1. The molecule has 138 valence electrons. The Morgan fingerprint density at radius 3 is 2.54 bits per heavy atom. The third-order valence-electron chi connectivity index (χ3n) is 4.82. The van der Waals surface area contributed by atoms with E-state index in [-0.39, 0.29) is 18.2 Å². The number of nitrogens with one attached hydrogen (secondary N) is 1. The number of rotatable bonds is 6. The van der Waals surface area contributed by atoms with Gasteiger partial charge in [0.2, 0.25) is 0 Å². The molecule has 1 N–H and O–H groups in total. The molecule has 0 radical (unpaired) electrons. The monoisotopic (exact) mass is 352 g/mol. The highest BCUT2D eigenvalue weighted by molar-refractivity contribution is 5.75. The molecule has 26 heavy (non-hydrogen) atoms. The number of hydrogen-bond donors (Lipinski definition) is 1. The van der Waals surface area contributed by atoms with Crippen molar-refractivity contribution in [2.24, 2.45) is 0 Å². The van der Waals surface area contributed by atoms with Gasteiger partial charge < -0.3 is 15.0 Å². The van der Waals surface area contributed by atoms with Crippen LogP contribution in [0.5, 0.6) is 0 Å². The van der Waals surface area contributed by atoms with E-state index in [4.69, 9.17) is 4.74 Å². The summed E-state index contributed by atoms with van der Waals surface area (Å²) in [4.78, 5) is 14.7. The summed E-state index contributed by atoms with van der Waals surface area (Å²) in [5.74, 6) is 0. The van der Waals surface area contributed by atoms with E-state index in [0.29, 0.717) is 13.2 Å². The van der Waals surface area contributed by atoms with Crippen LogP contribution in [0.25, 0.3) is 0 Å². The Hall–Kier alpha value is -2.33. The molecule has 3 rings (SSSR count). The molecule has 2 aromatic rings. The highest BCUT2D eigenvalue weighted by atomic mass is 16.5. The summed E-state index contributed by atoms with van der Waals surface area (Å²) in [6.45, 7) is 5.96. The molecule has 4 nitrogen and oxygen atoms in total. The first-order valence-electron chi connectivity index (χ1n) is 9.43. The minimum atomic E-state index is 0.0101. The standard InChI is InChI=1S/C22H28N2O2/c1-17(2)26-16-20-12-7-6-11-19(20)15-23-22(25)24-14-8-13-21(24)18-9-4-3-5-10-18/h3-7,9-12,17,21H,8,13-16H2,1-2H3,(H,23,25). The van der Waals surface area contributed by atoms with Gasteiger partial charge in [0.1, 0.15) is 0 Å². The highest BCUT2D eigenvalue weighted by Crippen LogP contribution is 2.31. The van der Waals surface area contributed by atoms with Crippen molar-refractivity contribution in [3.05, 3.63) is 71.3 Å². The van der Waals surface area contributed by atoms with Gasteiger partial charge >= 0.3 is 6.03 Å². The van der Waals surface area contributed by atoms with E-state index in [9.17, 15) is 4.79 Å². The molecule has 1 fully saturated rings. The second kappa shape index (κ2) is 8.86. The first kappa shape index (κ1) is 18.5. The molecule has 0 bridgehead atoms. The molecule has 4 heteroatoms. The van der Waals surface area contributed by atoms with Crippen molar-refractivity contribution in [1.82, 2.24) is 10.2 Å². The summed E-state index contributed by atoms with van der Waals surface area (Å²) in [6, 6.07) is 18.6. The van der Waals surface area contributed by atoms with Gasteiger partial charge in [-0.1, -0.05) is 54.6 Å². The van der Waals surface area contributed by atoms with Crippen LogP contribution in [0.3, 0.4) is 0 Å². The summed E-state index contributed by atoms with van der Waals surface area (Å²) in [5.41, 5.74) is 3.45. The van der Waals surface area contributed by atoms with E-state index in [0.717, 1.165) is 30.5 Å². The highest BCUT2D eigenvalue weighted by Gasteiger charge is 2.29. The molecule has 0 spiro atoms. The average Bonchev–Trinajstić information content (AvgIpc) is 3.15. The van der Waals surface area contributed by atoms with Gasteiger partial charge in [0.05, 0.1) is 18.8 Å². The fourth-order valence-corrected chi connectivity index (χ4v) is 3.43. The topological polar surface area (TPSA) is 41.6 Å². The van der Waals surface area contributed by atoms with E-state index < -0.39 is 0 Å². The third kappa shape index (κ3) is 4.64. The van der Waals surface area contributed by atoms with Crippen molar-refractivity contribution < 1.29 is 9.53 Å². The predicted molar refractivity (Wildman–Crippen MR) is 104 cm³/mol. The quantitative estimate of drug-likeness (QED) is 0.821. The van der Waals surface area contributed by atoms with Crippen molar-refractivity contribution >= 4 is 6.03 Å². The lowest BCUT2D eigenvalue weighted by molar-refractivity contribution is 0.0652. The lowest BCUT2D eigenvalue weighted by Gasteiger charge is -2.25. The number of amides is 2. The normalized spacial score (nSPS) is 16.9. The molecule has 1 aliphatic rings. The van der Waals surface area contributed by atoms with E-state index >= 15 is 0 Å². The van der Waals surface area contributed by atoms with Crippen molar-refractivity contribution in [1.29, 1.82) is 0 Å². The molecule has 1 saturated heterocycles. The number of likely N-dealkylation sites (tertiary alicyclic amines) is 1. The van der Waals surface area contributed by atoms with Crippen LogP contribution in [-0.4, -0.2) is 23.6 Å². The van der Waals surface area contributed by atoms with Gasteiger partial charge in [-0.3, -0.25) is 0 Å². The van der Waals surface area contributed by atoms with Crippen LogP contribution in [0.4, 0.5) is 4.79 Å². The summed E-state index contributed by atoms with van der Waals surface area (Å²) < 4.78 is 5.73. The zero-order chi connectivity index (χ0) is 18.4. The smallest absolute Gasteiger partial charge is 0.318 e. The lowest BCUT2D eigenvalue weighted by atomic mass is 10.1. The van der Waals surface area contributed by atoms with E-state index in [2.05, 4.69) is 29.6 Å². The van der Waals surface area contributed by atoms with Crippen molar-refractivity contribution in [3.8, 4) is 0 Å². The van der Waals surface area contributed by atoms with E-state index in [1.165, 1.54) is 5.56 Å². The van der Waals surface area contributed by atoms with Crippen molar-refractivity contribution in [2.45, 2.75) is 52.0 Å². The van der Waals surface area contributed by atoms with Crippen LogP contribution >= 0.6 is 0 Å². The number of hydrogen-bond acceptors (Lipinski definition) is 2. The summed E-state index contributed by atoms with van der Waals surface area (Å²) in [6.07, 6.45) is 2.26. The van der Waals surface area contributed by atoms with Crippen LogP contribution in [0.15, 0.2) is 54.6 Å². The Balaban J connectivity index is 1.62. The molecule has 1 aliphatic heterocycles. The maximum Gasteiger partial charge on any atom is 0.318 e. The predicted octanol–water partition coefficient (Wildman–Crippen LogP) is 4.66. The zero-order valence-electron chi connectivity index (χ0n) is 15.7. The molecular weight excluding hydrogens is 324 g/mol. The van der Waals surface area contributed by atoms with Gasteiger partial charge in [0.15, 0.2) is 0 Å². The van der Waals surface area contributed by atoms with Crippen molar-refractivity contribution in [3.63, 3.8) is 0 Å². The maximum absolute atomic E-state index is 12.8. The first-order chi connectivity index (χ1) is 12.6. The van der Waals surface area contributed by atoms with Crippen LogP contribution in [-0.2, 0) is 17.9 Å². The van der Waals surface area contributed by atoms with Crippen LogP contribution in [0.2, 0.25) is 0 Å². The molecular formula is C22H28N2O2. The summed E-state index contributed by atoms with van der Waals surface area (Å²) >= 11 is 0. The lowest BCUT2D eigenvalue weighted by Crippen LogP contribution is -2.39. The Kier molecular flexibility index (Phi) is 6.29. The molecule has 2 amide bonds. The minimum absolute atomic E-state index is 0.0101. The first-order valence-corrected chi connectivity index (χ1v) is 9.43. The van der Waals surface area contributed by atoms with Gasteiger partial charge in [-0.25, -0.2) is 4.79 Å². The number of carbonyl (C=O) groups excluding carboxylic acids is 1. The van der Waals surface area contributed by atoms with Crippen molar-refractivity contribution in [2.75, 3.05) is 6.54 Å². The molecule has 2 aromatic carbocycles. The van der Waals surface area contributed by atoms with Gasteiger partial charge in [0.25, 0.3) is 0 Å². The molecule has 1 atom stereocenters. The molecule has 0 aromatic heterocycles. The van der Waals surface area contributed by atoms with E-state index in [1.54, 1.807) is 0 Å². The molecule has 1 heterocycles. The van der Waals surface area contributed by atoms with E-state index in [1.807, 2.05) is 49.1 Å². The fourth-order valence-electron chi connectivity index (χ4n) is 3.43. The average molecular weight is 352 g/mol. The fraction of sp³-hybridized carbons (Fsp3) is 0.409. The maximum atomic E-state index is 12.8.